The van der Waals surface area contributed by atoms with Gasteiger partial charge in [-0.05, 0) is 31.2 Å². The van der Waals surface area contributed by atoms with E-state index in [9.17, 15) is 0 Å². The van der Waals surface area contributed by atoms with Gasteiger partial charge in [0.25, 0.3) is 0 Å². The molecule has 0 bridgehead atoms. The first-order chi connectivity index (χ1) is 9.19. The van der Waals surface area contributed by atoms with E-state index in [1.54, 1.807) is 18.2 Å². The monoisotopic (exact) mass is 300 g/mol. The summed E-state index contributed by atoms with van der Waals surface area (Å²) in [5.74, 6) is 0.529. The fourth-order valence-electron chi connectivity index (χ4n) is 1.45. The van der Waals surface area contributed by atoms with Gasteiger partial charge in [0.1, 0.15) is 0 Å². The maximum atomic E-state index is 6.04. The van der Waals surface area contributed by atoms with Crippen molar-refractivity contribution >= 4 is 34.9 Å². The van der Waals surface area contributed by atoms with Crippen LogP contribution in [0, 0.1) is 0 Å². The van der Waals surface area contributed by atoms with E-state index in [1.807, 2.05) is 0 Å². The normalized spacial score (nSPS) is 10.7. The summed E-state index contributed by atoms with van der Waals surface area (Å²) in [5, 5.41) is 15.0. The Kier molecular flexibility index (Phi) is 5.01. The average molecular weight is 301 g/mol. The van der Waals surface area contributed by atoms with E-state index in [-0.39, 0.29) is 0 Å². The lowest BCUT2D eigenvalue weighted by Crippen LogP contribution is -2.13. The van der Waals surface area contributed by atoms with Gasteiger partial charge in [-0.15, -0.1) is 5.10 Å². The molecule has 19 heavy (non-hydrogen) atoms. The van der Waals surface area contributed by atoms with Crippen LogP contribution in [0.15, 0.2) is 22.6 Å². The molecule has 0 atom stereocenters. The number of nitrogens with one attached hydrogen (secondary N) is 2. The van der Waals surface area contributed by atoms with Crippen molar-refractivity contribution in [2.75, 3.05) is 11.9 Å². The van der Waals surface area contributed by atoms with E-state index in [2.05, 4.69) is 27.8 Å². The molecule has 5 nitrogen and oxygen atoms in total. The Labute approximate surface area is 121 Å². The van der Waals surface area contributed by atoms with Crippen LogP contribution in [0.3, 0.4) is 0 Å². The van der Waals surface area contributed by atoms with Crippen molar-refractivity contribution in [3.8, 4) is 0 Å². The van der Waals surface area contributed by atoms with Gasteiger partial charge in [-0.2, -0.15) is 0 Å². The van der Waals surface area contributed by atoms with E-state index in [0.29, 0.717) is 34.2 Å². The second kappa shape index (κ2) is 6.75. The van der Waals surface area contributed by atoms with Crippen molar-refractivity contribution in [3.63, 3.8) is 0 Å². The summed E-state index contributed by atoms with van der Waals surface area (Å²) < 4.78 is 5.43. The molecule has 0 aliphatic heterocycles. The summed E-state index contributed by atoms with van der Waals surface area (Å²) >= 11 is 11.9. The molecule has 0 spiro atoms. The summed E-state index contributed by atoms with van der Waals surface area (Å²) in [6.07, 6.45) is 1.06. The summed E-state index contributed by atoms with van der Waals surface area (Å²) in [6.45, 7) is 3.56. The van der Waals surface area contributed by atoms with Crippen LogP contribution >= 0.6 is 23.2 Å². The lowest BCUT2D eigenvalue weighted by Gasteiger charge is -2.03. The number of aromatic nitrogens is 2. The highest BCUT2D eigenvalue weighted by molar-refractivity contribution is 6.36. The van der Waals surface area contributed by atoms with Gasteiger partial charge in [0.05, 0.1) is 17.3 Å². The largest absolute Gasteiger partial charge is 0.406 e. The molecular formula is C12H14Cl2N4O. The molecule has 2 rings (SSSR count). The van der Waals surface area contributed by atoms with Gasteiger partial charge in [0.15, 0.2) is 0 Å². The first-order valence-electron chi connectivity index (χ1n) is 5.94. The SMILES string of the molecule is CCCNCc1nnc(Nc2ccc(Cl)cc2Cl)o1. The van der Waals surface area contributed by atoms with E-state index in [4.69, 9.17) is 27.6 Å². The zero-order chi connectivity index (χ0) is 13.7. The van der Waals surface area contributed by atoms with Crippen LogP contribution in [0.5, 0.6) is 0 Å². The molecule has 7 heteroatoms. The first-order valence-corrected chi connectivity index (χ1v) is 6.70. The number of hydrogen-bond donors (Lipinski definition) is 2. The van der Waals surface area contributed by atoms with Gasteiger partial charge in [-0.1, -0.05) is 35.2 Å². The van der Waals surface area contributed by atoms with Crippen LogP contribution in [0.2, 0.25) is 10.0 Å². The minimum Gasteiger partial charge on any atom is -0.406 e. The zero-order valence-electron chi connectivity index (χ0n) is 10.4. The van der Waals surface area contributed by atoms with Gasteiger partial charge in [-0.25, -0.2) is 0 Å². The van der Waals surface area contributed by atoms with Crippen LogP contribution in [-0.2, 0) is 6.54 Å². The lowest BCUT2D eigenvalue weighted by molar-refractivity contribution is 0.479. The Bertz CT molecular complexity index is 544. The second-order valence-electron chi connectivity index (χ2n) is 3.93. The molecule has 0 aliphatic carbocycles. The molecule has 1 aromatic heterocycles. The predicted octanol–water partition coefficient (Wildman–Crippen LogP) is 3.62. The van der Waals surface area contributed by atoms with Crippen LogP contribution in [0.25, 0.3) is 0 Å². The summed E-state index contributed by atoms with van der Waals surface area (Å²) in [7, 11) is 0. The van der Waals surface area contributed by atoms with Gasteiger partial charge < -0.3 is 15.1 Å². The zero-order valence-corrected chi connectivity index (χ0v) is 11.9. The first kappa shape index (κ1) is 14.1. The van der Waals surface area contributed by atoms with E-state index in [1.165, 1.54) is 0 Å². The molecule has 0 radical (unpaired) electrons. The lowest BCUT2D eigenvalue weighted by atomic mass is 10.3. The van der Waals surface area contributed by atoms with Crippen molar-refractivity contribution in [3.05, 3.63) is 34.1 Å². The third-order valence-corrected chi connectivity index (χ3v) is 2.89. The Morgan fingerprint density at radius 2 is 2.11 bits per heavy atom. The number of hydrogen-bond acceptors (Lipinski definition) is 5. The quantitative estimate of drug-likeness (QED) is 0.798. The molecule has 1 aromatic carbocycles. The highest BCUT2D eigenvalue weighted by Crippen LogP contribution is 2.27. The summed E-state index contributed by atoms with van der Waals surface area (Å²) in [6, 6.07) is 5.43. The van der Waals surface area contributed by atoms with E-state index < -0.39 is 0 Å². The number of benzene rings is 1. The third-order valence-electron chi connectivity index (χ3n) is 2.34. The number of halogens is 2. The van der Waals surface area contributed by atoms with Crippen LogP contribution in [-0.4, -0.2) is 16.7 Å². The topological polar surface area (TPSA) is 63.0 Å². The Morgan fingerprint density at radius 3 is 2.84 bits per heavy atom. The third kappa shape index (κ3) is 4.09. The smallest absolute Gasteiger partial charge is 0.320 e. The Hall–Kier alpha value is -1.30. The molecule has 1 heterocycles. The fourth-order valence-corrected chi connectivity index (χ4v) is 1.91. The molecule has 0 aliphatic rings. The second-order valence-corrected chi connectivity index (χ2v) is 4.77. The fraction of sp³-hybridized carbons (Fsp3) is 0.333. The predicted molar refractivity (Wildman–Crippen MR) is 76.0 cm³/mol. The average Bonchev–Trinajstić information content (AvgIpc) is 2.81. The molecule has 0 fully saturated rings. The minimum absolute atomic E-state index is 0.303. The van der Waals surface area contributed by atoms with Gasteiger partial charge in [-0.3, -0.25) is 0 Å². The molecule has 0 amide bonds. The molecule has 0 unspecified atom stereocenters. The van der Waals surface area contributed by atoms with Crippen molar-refractivity contribution < 1.29 is 4.42 Å². The summed E-state index contributed by atoms with van der Waals surface area (Å²) in [4.78, 5) is 0. The van der Waals surface area contributed by atoms with E-state index in [0.717, 1.165) is 13.0 Å². The molecule has 102 valence electrons. The highest BCUT2D eigenvalue weighted by atomic mass is 35.5. The molecular weight excluding hydrogens is 287 g/mol. The Morgan fingerprint density at radius 1 is 1.26 bits per heavy atom. The van der Waals surface area contributed by atoms with Crippen molar-refractivity contribution in [2.24, 2.45) is 0 Å². The maximum absolute atomic E-state index is 6.04. The van der Waals surface area contributed by atoms with Crippen LogP contribution < -0.4 is 10.6 Å². The van der Waals surface area contributed by atoms with E-state index >= 15 is 0 Å². The maximum Gasteiger partial charge on any atom is 0.320 e. The number of anilines is 2. The van der Waals surface area contributed by atoms with Gasteiger partial charge in [0, 0.05) is 5.02 Å². The minimum atomic E-state index is 0.303. The van der Waals surface area contributed by atoms with Crippen molar-refractivity contribution in [1.82, 2.24) is 15.5 Å². The molecule has 0 saturated heterocycles. The number of nitrogens with zero attached hydrogens (tertiary/aromatic N) is 2. The van der Waals surface area contributed by atoms with Crippen molar-refractivity contribution in [1.29, 1.82) is 0 Å². The molecule has 0 saturated carbocycles. The molecule has 2 N–H and O–H groups in total. The van der Waals surface area contributed by atoms with Crippen LogP contribution in [0.1, 0.15) is 19.2 Å². The Balaban J connectivity index is 1.99. The summed E-state index contributed by atoms with van der Waals surface area (Å²) in [5.41, 5.74) is 0.669. The standard InChI is InChI=1S/C12H14Cl2N4O/c1-2-5-15-7-11-17-18-12(19-11)16-10-4-3-8(13)6-9(10)14/h3-4,6,15H,2,5,7H2,1H3,(H,16,18). The molecule has 2 aromatic rings. The number of rotatable bonds is 6. The van der Waals surface area contributed by atoms with Crippen LogP contribution in [0.4, 0.5) is 11.7 Å². The van der Waals surface area contributed by atoms with Gasteiger partial charge >= 0.3 is 6.01 Å². The highest BCUT2D eigenvalue weighted by Gasteiger charge is 2.08. The van der Waals surface area contributed by atoms with Crippen molar-refractivity contribution in [2.45, 2.75) is 19.9 Å². The van der Waals surface area contributed by atoms with Gasteiger partial charge in [0.2, 0.25) is 5.89 Å².